The first-order valence-electron chi connectivity index (χ1n) is 6.53. The van der Waals surface area contributed by atoms with Gasteiger partial charge in [-0.3, -0.25) is 9.69 Å². The van der Waals surface area contributed by atoms with Crippen molar-refractivity contribution in [3.63, 3.8) is 0 Å². The Hall–Kier alpha value is -1.57. The smallest absolute Gasteiger partial charge is 0.239 e. The zero-order chi connectivity index (χ0) is 15.1. The van der Waals surface area contributed by atoms with Gasteiger partial charge in [0.2, 0.25) is 5.91 Å². The summed E-state index contributed by atoms with van der Waals surface area (Å²) in [5, 5.41) is 9.26. The SMILES string of the molecule is CC(C(=O)N(C)CCC#N)N(C)Cc1ccccc1Cl. The van der Waals surface area contributed by atoms with Crippen LogP contribution < -0.4 is 0 Å². The number of amides is 1. The number of likely N-dealkylation sites (N-methyl/N-ethyl adjacent to an activating group) is 2. The molecule has 0 aromatic heterocycles. The lowest BCUT2D eigenvalue weighted by atomic mass is 10.2. The van der Waals surface area contributed by atoms with E-state index in [0.717, 1.165) is 5.56 Å². The van der Waals surface area contributed by atoms with Crippen LogP contribution in [-0.4, -0.2) is 42.4 Å². The van der Waals surface area contributed by atoms with Crippen LogP contribution in [-0.2, 0) is 11.3 Å². The molecule has 1 aromatic carbocycles. The maximum atomic E-state index is 12.2. The van der Waals surface area contributed by atoms with Gasteiger partial charge in [0.1, 0.15) is 0 Å². The van der Waals surface area contributed by atoms with Gasteiger partial charge in [-0.25, -0.2) is 0 Å². The average Bonchev–Trinajstić information content (AvgIpc) is 2.45. The van der Waals surface area contributed by atoms with Gasteiger partial charge in [-0.05, 0) is 25.6 Å². The Kier molecular flexibility index (Phi) is 6.50. The first-order valence-corrected chi connectivity index (χ1v) is 6.90. The second-order valence-corrected chi connectivity index (χ2v) is 5.26. The van der Waals surface area contributed by atoms with Crippen molar-refractivity contribution < 1.29 is 4.79 Å². The van der Waals surface area contributed by atoms with Crippen molar-refractivity contribution in [3.05, 3.63) is 34.9 Å². The molecule has 1 aromatic rings. The zero-order valence-corrected chi connectivity index (χ0v) is 12.9. The predicted molar refractivity (Wildman–Crippen MR) is 80.2 cm³/mol. The summed E-state index contributed by atoms with van der Waals surface area (Å²) in [5.41, 5.74) is 0.996. The van der Waals surface area contributed by atoms with Gasteiger partial charge in [0, 0.05) is 25.2 Å². The van der Waals surface area contributed by atoms with Crippen LogP contribution in [0.3, 0.4) is 0 Å². The summed E-state index contributed by atoms with van der Waals surface area (Å²) in [4.78, 5) is 15.8. The molecule has 1 amide bonds. The molecule has 0 saturated heterocycles. The lowest BCUT2D eigenvalue weighted by molar-refractivity contribution is -0.134. The molecule has 0 aliphatic carbocycles. The lowest BCUT2D eigenvalue weighted by Gasteiger charge is -2.28. The molecule has 108 valence electrons. The molecule has 1 unspecified atom stereocenters. The zero-order valence-electron chi connectivity index (χ0n) is 12.1. The predicted octanol–water partition coefficient (Wildman–Crippen LogP) is 2.53. The molecule has 4 nitrogen and oxygen atoms in total. The van der Waals surface area contributed by atoms with Crippen molar-refractivity contribution in [2.24, 2.45) is 0 Å². The van der Waals surface area contributed by atoms with E-state index in [9.17, 15) is 4.79 Å². The molecule has 1 atom stereocenters. The van der Waals surface area contributed by atoms with Gasteiger partial charge in [-0.15, -0.1) is 0 Å². The summed E-state index contributed by atoms with van der Waals surface area (Å²) < 4.78 is 0. The Labute approximate surface area is 125 Å². The lowest BCUT2D eigenvalue weighted by Crippen LogP contribution is -2.44. The van der Waals surface area contributed by atoms with E-state index in [2.05, 4.69) is 0 Å². The Morgan fingerprint density at radius 2 is 2.05 bits per heavy atom. The fourth-order valence-electron chi connectivity index (χ4n) is 1.87. The summed E-state index contributed by atoms with van der Waals surface area (Å²) in [5.74, 6) is 0.00908. The number of carbonyl (C=O) groups is 1. The van der Waals surface area contributed by atoms with E-state index >= 15 is 0 Å². The molecule has 5 heteroatoms. The molecule has 0 saturated carbocycles. The minimum Gasteiger partial charge on any atom is -0.343 e. The maximum Gasteiger partial charge on any atom is 0.239 e. The number of carbonyl (C=O) groups excluding carboxylic acids is 1. The number of nitrogens with zero attached hydrogens (tertiary/aromatic N) is 3. The minimum absolute atomic E-state index is 0.00908. The van der Waals surface area contributed by atoms with Crippen molar-refractivity contribution in [2.75, 3.05) is 20.6 Å². The fraction of sp³-hybridized carbons (Fsp3) is 0.467. The van der Waals surface area contributed by atoms with Gasteiger partial charge >= 0.3 is 0 Å². The standard InChI is InChI=1S/C15H20ClN3O/c1-12(15(20)18(2)10-6-9-17)19(3)11-13-7-4-5-8-14(13)16/h4-5,7-8,12H,6,10-11H2,1-3H3. The Morgan fingerprint density at radius 1 is 1.40 bits per heavy atom. The van der Waals surface area contributed by atoms with E-state index < -0.39 is 0 Å². The quantitative estimate of drug-likeness (QED) is 0.810. The van der Waals surface area contributed by atoms with Crippen LogP contribution in [0.25, 0.3) is 0 Å². The summed E-state index contributed by atoms with van der Waals surface area (Å²) in [6, 6.07) is 9.40. The Balaban J connectivity index is 2.63. The number of benzene rings is 1. The summed E-state index contributed by atoms with van der Waals surface area (Å²) in [6.07, 6.45) is 0.350. The molecule has 20 heavy (non-hydrogen) atoms. The molecule has 0 heterocycles. The number of nitriles is 1. The molecular formula is C15H20ClN3O. The molecule has 0 fully saturated rings. The van der Waals surface area contributed by atoms with Crippen molar-refractivity contribution in [2.45, 2.75) is 25.9 Å². The van der Waals surface area contributed by atoms with Crippen LogP contribution in [0.2, 0.25) is 5.02 Å². The van der Waals surface area contributed by atoms with Crippen molar-refractivity contribution >= 4 is 17.5 Å². The minimum atomic E-state index is -0.255. The van der Waals surface area contributed by atoms with Gasteiger partial charge in [0.15, 0.2) is 0 Å². The number of hydrogen-bond acceptors (Lipinski definition) is 3. The maximum absolute atomic E-state index is 12.2. The second kappa shape index (κ2) is 7.88. The second-order valence-electron chi connectivity index (χ2n) is 4.85. The van der Waals surface area contributed by atoms with Crippen LogP contribution in [0.5, 0.6) is 0 Å². The normalized spacial score (nSPS) is 12.0. The van der Waals surface area contributed by atoms with Gasteiger partial charge in [0.25, 0.3) is 0 Å². The van der Waals surface area contributed by atoms with Crippen LogP contribution in [0.15, 0.2) is 24.3 Å². The summed E-state index contributed by atoms with van der Waals surface area (Å²) in [7, 11) is 3.61. The van der Waals surface area contributed by atoms with E-state index in [1.54, 1.807) is 11.9 Å². The highest BCUT2D eigenvalue weighted by Crippen LogP contribution is 2.17. The molecule has 0 N–H and O–H groups in total. The Bertz CT molecular complexity index is 498. The summed E-state index contributed by atoms with van der Waals surface area (Å²) >= 11 is 6.13. The van der Waals surface area contributed by atoms with E-state index in [-0.39, 0.29) is 11.9 Å². The Morgan fingerprint density at radius 3 is 2.65 bits per heavy atom. The molecule has 1 rings (SSSR count). The molecule has 0 aliphatic heterocycles. The van der Waals surface area contributed by atoms with E-state index in [1.807, 2.05) is 49.2 Å². The highest BCUT2D eigenvalue weighted by atomic mass is 35.5. The molecule has 0 aliphatic rings. The monoisotopic (exact) mass is 293 g/mol. The van der Waals surface area contributed by atoms with E-state index in [0.29, 0.717) is 24.5 Å². The third-order valence-corrected chi connectivity index (χ3v) is 3.70. The molecular weight excluding hydrogens is 274 g/mol. The van der Waals surface area contributed by atoms with E-state index in [4.69, 9.17) is 16.9 Å². The number of halogens is 1. The number of hydrogen-bond donors (Lipinski definition) is 0. The average molecular weight is 294 g/mol. The van der Waals surface area contributed by atoms with Crippen LogP contribution in [0.1, 0.15) is 18.9 Å². The fourth-order valence-corrected chi connectivity index (χ4v) is 2.06. The van der Waals surface area contributed by atoms with Gasteiger partial charge < -0.3 is 4.90 Å². The third kappa shape index (κ3) is 4.52. The van der Waals surface area contributed by atoms with Crippen LogP contribution in [0.4, 0.5) is 0 Å². The largest absolute Gasteiger partial charge is 0.343 e. The highest BCUT2D eigenvalue weighted by Gasteiger charge is 2.21. The van der Waals surface area contributed by atoms with Crippen molar-refractivity contribution in [1.82, 2.24) is 9.80 Å². The first-order chi connectivity index (χ1) is 9.47. The molecule has 0 bridgehead atoms. The first kappa shape index (κ1) is 16.5. The van der Waals surface area contributed by atoms with Gasteiger partial charge in [-0.2, -0.15) is 5.26 Å². The topological polar surface area (TPSA) is 47.3 Å². The van der Waals surface area contributed by atoms with Crippen molar-refractivity contribution in [1.29, 1.82) is 5.26 Å². The number of rotatable bonds is 6. The van der Waals surface area contributed by atoms with E-state index in [1.165, 1.54) is 0 Å². The summed E-state index contributed by atoms with van der Waals surface area (Å²) in [6.45, 7) is 2.93. The van der Waals surface area contributed by atoms with Gasteiger partial charge in [-0.1, -0.05) is 29.8 Å². The van der Waals surface area contributed by atoms with Crippen LogP contribution >= 0.6 is 11.6 Å². The van der Waals surface area contributed by atoms with Crippen molar-refractivity contribution in [3.8, 4) is 6.07 Å². The molecule has 0 radical (unpaired) electrons. The third-order valence-electron chi connectivity index (χ3n) is 3.33. The molecule has 0 spiro atoms. The highest BCUT2D eigenvalue weighted by molar-refractivity contribution is 6.31. The van der Waals surface area contributed by atoms with Gasteiger partial charge in [0.05, 0.1) is 18.5 Å². The van der Waals surface area contributed by atoms with Crippen LogP contribution in [0, 0.1) is 11.3 Å².